The van der Waals surface area contributed by atoms with Crippen molar-refractivity contribution in [3.05, 3.63) is 71.3 Å². The molecule has 38 heavy (non-hydrogen) atoms. The Hall–Kier alpha value is -3.52. The molecule has 0 bridgehead atoms. The van der Waals surface area contributed by atoms with E-state index in [1.807, 2.05) is 13.8 Å². The Labute approximate surface area is 230 Å². The summed E-state index contributed by atoms with van der Waals surface area (Å²) in [7, 11) is 0. The zero-order valence-corrected chi connectivity index (χ0v) is 23.6. The fraction of sp³-hybridized carbons (Fsp3) is 0.414. The molecule has 0 spiro atoms. The van der Waals surface area contributed by atoms with Crippen molar-refractivity contribution in [2.75, 3.05) is 11.9 Å². The number of carbonyl (C=O) groups excluding carboxylic acids is 3. The van der Waals surface area contributed by atoms with Gasteiger partial charge in [-0.05, 0) is 51.3 Å². The highest BCUT2D eigenvalue weighted by Crippen LogP contribution is 2.33. The van der Waals surface area contributed by atoms with Crippen molar-refractivity contribution in [1.82, 2.24) is 10.2 Å². The fourth-order valence-electron chi connectivity index (χ4n) is 3.91. The second kappa shape index (κ2) is 13.3. The predicted molar refractivity (Wildman–Crippen MR) is 150 cm³/mol. The van der Waals surface area contributed by atoms with Crippen LogP contribution in [0.15, 0.2) is 55.1 Å². The number of anilines is 1. The van der Waals surface area contributed by atoms with Crippen LogP contribution in [0.2, 0.25) is 5.02 Å². The molecule has 0 aliphatic rings. The quantitative estimate of drug-likeness (QED) is 0.319. The first kappa shape index (κ1) is 30.7. The van der Waals surface area contributed by atoms with E-state index in [0.29, 0.717) is 17.1 Å². The van der Waals surface area contributed by atoms with E-state index < -0.39 is 35.6 Å². The molecule has 0 aliphatic carbocycles. The van der Waals surface area contributed by atoms with Crippen LogP contribution < -0.4 is 10.6 Å². The van der Waals surface area contributed by atoms with Gasteiger partial charge in [0.15, 0.2) is 0 Å². The summed E-state index contributed by atoms with van der Waals surface area (Å²) in [4.78, 5) is 41.9. The van der Waals surface area contributed by atoms with Gasteiger partial charge < -0.3 is 25.4 Å². The second-order valence-corrected chi connectivity index (χ2v) is 10.6. The van der Waals surface area contributed by atoms with Gasteiger partial charge in [0.2, 0.25) is 5.91 Å². The minimum Gasteiger partial charge on any atom is -0.508 e. The van der Waals surface area contributed by atoms with Crippen molar-refractivity contribution >= 4 is 35.2 Å². The lowest BCUT2D eigenvalue weighted by atomic mass is 9.95. The Morgan fingerprint density at radius 2 is 1.82 bits per heavy atom. The standard InChI is InChI=1S/C29H38ClN3O5/c1-8-17-33(27(36)24(18(3)9-2)32-28(37)38-29(5,6)7)25(20-14-10-11-16-22(20)34)26(35)31-23-19(4)13-12-15-21(23)30/h8,10-16,18,24-25,34H,1,9,17H2,2-7H3,(H,31,35)(H,32,37). The monoisotopic (exact) mass is 543 g/mol. The third-order valence-electron chi connectivity index (χ3n) is 6.02. The minimum absolute atomic E-state index is 0.0321. The number of phenols is 1. The largest absolute Gasteiger partial charge is 0.508 e. The van der Waals surface area contributed by atoms with Crippen LogP contribution in [0.3, 0.4) is 0 Å². The van der Waals surface area contributed by atoms with E-state index in [-0.39, 0.29) is 23.8 Å². The average Bonchev–Trinajstić information content (AvgIpc) is 2.83. The molecule has 2 aromatic carbocycles. The Balaban J connectivity index is 2.58. The second-order valence-electron chi connectivity index (χ2n) is 10.2. The van der Waals surface area contributed by atoms with Crippen molar-refractivity contribution in [2.24, 2.45) is 5.92 Å². The molecule has 2 aromatic rings. The summed E-state index contributed by atoms with van der Waals surface area (Å²) < 4.78 is 5.39. The number of para-hydroxylation sites is 2. The molecule has 2 rings (SSSR count). The number of carbonyl (C=O) groups is 3. The highest BCUT2D eigenvalue weighted by molar-refractivity contribution is 6.34. The summed E-state index contributed by atoms with van der Waals surface area (Å²) in [5.41, 5.74) is 0.576. The van der Waals surface area contributed by atoms with E-state index in [1.165, 1.54) is 17.0 Å². The first-order valence-electron chi connectivity index (χ1n) is 12.5. The Kier molecular flexibility index (Phi) is 10.8. The number of nitrogens with one attached hydrogen (secondary N) is 2. The van der Waals surface area contributed by atoms with Gasteiger partial charge in [-0.3, -0.25) is 9.59 Å². The molecule has 3 N–H and O–H groups in total. The first-order chi connectivity index (χ1) is 17.8. The average molecular weight is 544 g/mol. The highest BCUT2D eigenvalue weighted by atomic mass is 35.5. The topological polar surface area (TPSA) is 108 Å². The van der Waals surface area contributed by atoms with Crippen LogP contribution in [0, 0.1) is 12.8 Å². The Morgan fingerprint density at radius 3 is 2.37 bits per heavy atom. The van der Waals surface area contributed by atoms with Crippen molar-refractivity contribution in [1.29, 1.82) is 0 Å². The molecule has 0 fully saturated rings. The normalized spacial score (nSPS) is 13.6. The number of hydrogen-bond acceptors (Lipinski definition) is 5. The summed E-state index contributed by atoms with van der Waals surface area (Å²) in [6, 6.07) is 9.25. The number of alkyl carbamates (subject to hydrolysis) is 1. The fourth-order valence-corrected chi connectivity index (χ4v) is 4.18. The summed E-state index contributed by atoms with van der Waals surface area (Å²) >= 11 is 6.36. The SMILES string of the molecule is C=CCN(C(=O)C(NC(=O)OC(C)(C)C)C(C)CC)C(C(=O)Nc1c(C)cccc1Cl)c1ccccc1O. The molecule has 0 aliphatic heterocycles. The first-order valence-corrected chi connectivity index (χ1v) is 12.9. The number of phenolic OH excluding ortho intramolecular Hbond substituents is 1. The number of aromatic hydroxyl groups is 1. The van der Waals surface area contributed by atoms with Crippen LogP contribution in [0.25, 0.3) is 0 Å². The lowest BCUT2D eigenvalue weighted by Crippen LogP contribution is -2.54. The summed E-state index contributed by atoms with van der Waals surface area (Å²) in [6.45, 7) is 14.4. The zero-order chi connectivity index (χ0) is 28.6. The summed E-state index contributed by atoms with van der Waals surface area (Å²) in [6.07, 6.45) is 1.31. The molecule has 3 amide bonds. The molecule has 3 unspecified atom stereocenters. The third-order valence-corrected chi connectivity index (χ3v) is 6.34. The molecule has 0 heterocycles. The molecule has 0 saturated carbocycles. The van der Waals surface area contributed by atoms with Gasteiger partial charge in [0.05, 0.1) is 10.7 Å². The smallest absolute Gasteiger partial charge is 0.408 e. The van der Waals surface area contributed by atoms with Gasteiger partial charge in [0.1, 0.15) is 23.4 Å². The van der Waals surface area contributed by atoms with Crippen LogP contribution in [0.1, 0.15) is 58.2 Å². The van der Waals surface area contributed by atoms with Crippen molar-refractivity contribution < 1.29 is 24.2 Å². The van der Waals surface area contributed by atoms with E-state index in [0.717, 1.165) is 5.56 Å². The van der Waals surface area contributed by atoms with Crippen LogP contribution in [-0.4, -0.2) is 46.1 Å². The van der Waals surface area contributed by atoms with Crippen molar-refractivity contribution in [3.63, 3.8) is 0 Å². The highest BCUT2D eigenvalue weighted by Gasteiger charge is 2.38. The van der Waals surface area contributed by atoms with Gasteiger partial charge in [-0.1, -0.05) is 68.3 Å². The molecule has 3 atom stereocenters. The van der Waals surface area contributed by atoms with E-state index in [4.69, 9.17) is 16.3 Å². The number of amides is 3. The maximum Gasteiger partial charge on any atom is 0.408 e. The molecule has 0 aromatic heterocycles. The number of benzene rings is 2. The predicted octanol–water partition coefficient (Wildman–Crippen LogP) is 5.99. The number of ether oxygens (including phenoxy) is 1. The maximum absolute atomic E-state index is 14.1. The number of rotatable bonds is 10. The van der Waals surface area contributed by atoms with Gasteiger partial charge in [-0.2, -0.15) is 0 Å². The minimum atomic E-state index is -1.26. The molecular formula is C29H38ClN3O5. The number of hydrogen-bond donors (Lipinski definition) is 3. The van der Waals surface area contributed by atoms with Crippen molar-refractivity contribution in [2.45, 2.75) is 65.6 Å². The van der Waals surface area contributed by atoms with Crippen LogP contribution >= 0.6 is 11.6 Å². The van der Waals surface area contributed by atoms with Gasteiger partial charge in [-0.25, -0.2) is 4.79 Å². The van der Waals surface area contributed by atoms with E-state index in [9.17, 15) is 19.5 Å². The lowest BCUT2D eigenvalue weighted by Gasteiger charge is -2.35. The van der Waals surface area contributed by atoms with E-state index in [2.05, 4.69) is 17.2 Å². The molecule has 9 heteroatoms. The molecule has 8 nitrogen and oxygen atoms in total. The van der Waals surface area contributed by atoms with Gasteiger partial charge in [-0.15, -0.1) is 6.58 Å². The summed E-state index contributed by atoms with van der Waals surface area (Å²) in [5.74, 6) is -1.56. The van der Waals surface area contributed by atoms with Gasteiger partial charge in [0, 0.05) is 12.1 Å². The van der Waals surface area contributed by atoms with Crippen LogP contribution in [0.5, 0.6) is 5.75 Å². The van der Waals surface area contributed by atoms with Gasteiger partial charge >= 0.3 is 6.09 Å². The number of nitrogens with zero attached hydrogens (tertiary/aromatic N) is 1. The maximum atomic E-state index is 14.1. The number of aryl methyl sites for hydroxylation is 1. The number of halogens is 1. The molecule has 0 saturated heterocycles. The van der Waals surface area contributed by atoms with E-state index in [1.54, 1.807) is 64.1 Å². The van der Waals surface area contributed by atoms with Crippen molar-refractivity contribution in [3.8, 4) is 5.75 Å². The van der Waals surface area contributed by atoms with Crippen LogP contribution in [-0.2, 0) is 14.3 Å². The van der Waals surface area contributed by atoms with Crippen LogP contribution in [0.4, 0.5) is 10.5 Å². The molecular weight excluding hydrogens is 506 g/mol. The Morgan fingerprint density at radius 1 is 1.16 bits per heavy atom. The molecule has 0 radical (unpaired) electrons. The van der Waals surface area contributed by atoms with E-state index >= 15 is 0 Å². The molecule has 206 valence electrons. The third kappa shape index (κ3) is 7.99. The summed E-state index contributed by atoms with van der Waals surface area (Å²) in [5, 5.41) is 16.6. The Bertz CT molecular complexity index is 1140. The lowest BCUT2D eigenvalue weighted by molar-refractivity contribution is -0.141. The zero-order valence-electron chi connectivity index (χ0n) is 22.9. The van der Waals surface area contributed by atoms with Gasteiger partial charge in [0.25, 0.3) is 5.91 Å².